The van der Waals surface area contributed by atoms with E-state index in [4.69, 9.17) is 11.6 Å². The van der Waals surface area contributed by atoms with Crippen molar-refractivity contribution in [3.8, 4) is 0 Å². The summed E-state index contributed by atoms with van der Waals surface area (Å²) < 4.78 is 31.6. The predicted octanol–water partition coefficient (Wildman–Crippen LogP) is 4.30. The minimum atomic E-state index is -3.47. The van der Waals surface area contributed by atoms with Gasteiger partial charge in [-0.25, -0.2) is 13.4 Å². The number of halogens is 1. The molecule has 0 bridgehead atoms. The van der Waals surface area contributed by atoms with E-state index in [1.54, 1.807) is 10.4 Å². The minimum Gasteiger partial charge on any atom is -0.345 e. The van der Waals surface area contributed by atoms with E-state index in [1.807, 2.05) is 54.6 Å². The van der Waals surface area contributed by atoms with Gasteiger partial charge in [-0.15, -0.1) is 0 Å². The van der Waals surface area contributed by atoms with Crippen LogP contribution in [0, 0.1) is 0 Å². The molecular weight excluding hydrogens is 452 g/mol. The monoisotopic (exact) mass is 474 g/mol. The van der Waals surface area contributed by atoms with Crippen LogP contribution in [-0.4, -0.2) is 48.3 Å². The lowest BCUT2D eigenvalue weighted by atomic mass is 10.1. The third-order valence-corrected chi connectivity index (χ3v) is 7.68. The zero-order valence-electron chi connectivity index (χ0n) is 16.9. The Morgan fingerprint density at radius 1 is 1.00 bits per heavy atom. The fraction of sp³-hybridized carbons (Fsp3) is 0.273. The third kappa shape index (κ3) is 5.92. The zero-order chi connectivity index (χ0) is 21.7. The first-order valence-corrected chi connectivity index (χ1v) is 12.7. The standard InChI is InChI=1S/C22H23ClN4O2S2/c23-20-9-7-19(8-10-20)17-21-24-22(30-25-21)26-12-4-13-27(15-14-26)31(28,29)16-11-18-5-2-1-3-6-18/h1-3,5-11,16H,4,12-15,17H2/b16-11+. The first-order chi connectivity index (χ1) is 15.0. The lowest BCUT2D eigenvalue weighted by Crippen LogP contribution is -2.34. The number of sulfonamides is 1. The van der Waals surface area contributed by atoms with Gasteiger partial charge in [0, 0.05) is 54.6 Å². The number of benzene rings is 2. The quantitative estimate of drug-likeness (QED) is 0.533. The molecule has 9 heteroatoms. The van der Waals surface area contributed by atoms with Crippen LogP contribution < -0.4 is 4.90 Å². The molecule has 1 fully saturated rings. The minimum absolute atomic E-state index is 0.424. The van der Waals surface area contributed by atoms with Crippen molar-refractivity contribution in [3.63, 3.8) is 0 Å². The van der Waals surface area contributed by atoms with E-state index >= 15 is 0 Å². The van der Waals surface area contributed by atoms with Crippen LogP contribution in [0.1, 0.15) is 23.4 Å². The van der Waals surface area contributed by atoms with Crippen LogP contribution in [0.2, 0.25) is 5.02 Å². The van der Waals surface area contributed by atoms with E-state index in [0.717, 1.165) is 35.0 Å². The molecule has 162 valence electrons. The molecule has 1 saturated heterocycles. The van der Waals surface area contributed by atoms with Gasteiger partial charge in [-0.05, 0) is 35.8 Å². The number of nitrogens with zero attached hydrogens (tertiary/aromatic N) is 4. The maximum atomic E-state index is 12.8. The van der Waals surface area contributed by atoms with Gasteiger partial charge in [0.2, 0.25) is 15.2 Å². The van der Waals surface area contributed by atoms with Crippen molar-refractivity contribution in [2.24, 2.45) is 0 Å². The van der Waals surface area contributed by atoms with Gasteiger partial charge in [0.05, 0.1) is 0 Å². The molecule has 2 heterocycles. The zero-order valence-corrected chi connectivity index (χ0v) is 19.3. The topological polar surface area (TPSA) is 66.4 Å². The average Bonchev–Trinajstić information content (AvgIpc) is 3.08. The first kappa shape index (κ1) is 22.0. The van der Waals surface area contributed by atoms with E-state index in [-0.39, 0.29) is 0 Å². The largest absolute Gasteiger partial charge is 0.345 e. The van der Waals surface area contributed by atoms with E-state index in [0.29, 0.717) is 31.1 Å². The molecule has 0 unspecified atom stereocenters. The molecule has 1 aromatic heterocycles. The van der Waals surface area contributed by atoms with Crippen molar-refractivity contribution in [2.45, 2.75) is 12.8 Å². The molecule has 3 aromatic rings. The van der Waals surface area contributed by atoms with Crippen LogP contribution in [0.25, 0.3) is 6.08 Å². The van der Waals surface area contributed by atoms with Crippen LogP contribution in [0.3, 0.4) is 0 Å². The molecular formula is C22H23ClN4O2S2. The van der Waals surface area contributed by atoms with E-state index in [2.05, 4.69) is 14.3 Å². The van der Waals surface area contributed by atoms with Gasteiger partial charge in [-0.1, -0.05) is 54.1 Å². The summed E-state index contributed by atoms with van der Waals surface area (Å²) in [5, 5.41) is 2.84. The van der Waals surface area contributed by atoms with E-state index in [9.17, 15) is 8.42 Å². The summed E-state index contributed by atoms with van der Waals surface area (Å²) in [5.41, 5.74) is 1.97. The van der Waals surface area contributed by atoms with Crippen LogP contribution in [0.15, 0.2) is 60.0 Å². The van der Waals surface area contributed by atoms with E-state index in [1.165, 1.54) is 16.9 Å². The molecule has 0 saturated carbocycles. The van der Waals surface area contributed by atoms with Gasteiger partial charge in [0.15, 0.2) is 0 Å². The average molecular weight is 475 g/mol. The van der Waals surface area contributed by atoms with Crippen molar-refractivity contribution in [1.82, 2.24) is 13.7 Å². The summed E-state index contributed by atoms with van der Waals surface area (Å²) in [6.07, 6.45) is 3.03. The molecule has 0 radical (unpaired) electrons. The normalized spacial score (nSPS) is 16.0. The molecule has 31 heavy (non-hydrogen) atoms. The van der Waals surface area contributed by atoms with Crippen molar-refractivity contribution in [2.75, 3.05) is 31.1 Å². The third-order valence-electron chi connectivity index (χ3n) is 5.05. The Kier molecular flexibility index (Phi) is 7.02. The molecule has 0 aliphatic carbocycles. The highest BCUT2D eigenvalue weighted by atomic mass is 35.5. The molecule has 0 spiro atoms. The second-order valence-corrected chi connectivity index (χ2v) is 10.3. The molecule has 6 nitrogen and oxygen atoms in total. The highest BCUT2D eigenvalue weighted by molar-refractivity contribution is 7.92. The maximum Gasteiger partial charge on any atom is 0.236 e. The molecule has 4 rings (SSSR count). The SMILES string of the molecule is O=S(=O)(/C=C/c1ccccc1)N1CCCN(c2nc(Cc3ccc(Cl)cc3)ns2)CC1. The Bertz CT molecular complexity index is 1130. The number of hydrogen-bond acceptors (Lipinski definition) is 6. The molecule has 0 atom stereocenters. The van der Waals surface area contributed by atoms with E-state index < -0.39 is 10.0 Å². The molecule has 2 aromatic carbocycles. The lowest BCUT2D eigenvalue weighted by Gasteiger charge is -2.19. The first-order valence-electron chi connectivity index (χ1n) is 10.0. The molecule has 0 N–H and O–H groups in total. The summed E-state index contributed by atoms with van der Waals surface area (Å²) >= 11 is 7.30. The van der Waals surface area contributed by atoms with Crippen LogP contribution in [-0.2, 0) is 16.4 Å². The van der Waals surface area contributed by atoms with Crippen LogP contribution >= 0.6 is 23.1 Å². The fourth-order valence-corrected chi connectivity index (χ4v) is 5.47. The van der Waals surface area contributed by atoms with Crippen molar-refractivity contribution >= 4 is 44.4 Å². The van der Waals surface area contributed by atoms with Crippen molar-refractivity contribution in [1.29, 1.82) is 0 Å². The van der Waals surface area contributed by atoms with Gasteiger partial charge in [0.25, 0.3) is 0 Å². The molecule has 0 amide bonds. The highest BCUT2D eigenvalue weighted by Crippen LogP contribution is 2.22. The van der Waals surface area contributed by atoms with Crippen LogP contribution in [0.5, 0.6) is 0 Å². The summed E-state index contributed by atoms with van der Waals surface area (Å²) in [7, 11) is -3.47. The predicted molar refractivity (Wildman–Crippen MR) is 127 cm³/mol. The van der Waals surface area contributed by atoms with Gasteiger partial charge >= 0.3 is 0 Å². The molecule has 1 aliphatic rings. The van der Waals surface area contributed by atoms with Crippen molar-refractivity contribution in [3.05, 3.63) is 82.0 Å². The van der Waals surface area contributed by atoms with Gasteiger partial charge in [-0.2, -0.15) is 8.68 Å². The Morgan fingerprint density at radius 2 is 1.77 bits per heavy atom. The van der Waals surface area contributed by atoms with Gasteiger partial charge < -0.3 is 4.90 Å². The second-order valence-electron chi connectivity index (χ2n) is 7.29. The Labute approximate surface area is 192 Å². The lowest BCUT2D eigenvalue weighted by molar-refractivity contribution is 0.440. The van der Waals surface area contributed by atoms with Gasteiger partial charge in [-0.3, -0.25) is 0 Å². The summed E-state index contributed by atoms with van der Waals surface area (Å²) in [6, 6.07) is 17.1. The maximum absolute atomic E-state index is 12.8. The number of anilines is 1. The second kappa shape index (κ2) is 9.91. The highest BCUT2D eigenvalue weighted by Gasteiger charge is 2.24. The number of rotatable bonds is 6. The van der Waals surface area contributed by atoms with Gasteiger partial charge in [0.1, 0.15) is 5.82 Å². The number of aromatic nitrogens is 2. The fourth-order valence-electron chi connectivity index (χ4n) is 3.38. The Hall–Kier alpha value is -2.26. The summed E-state index contributed by atoms with van der Waals surface area (Å²) in [6.45, 7) is 2.26. The Morgan fingerprint density at radius 3 is 2.55 bits per heavy atom. The van der Waals surface area contributed by atoms with Crippen LogP contribution in [0.4, 0.5) is 5.13 Å². The smallest absolute Gasteiger partial charge is 0.236 e. The summed E-state index contributed by atoms with van der Waals surface area (Å²) in [5.74, 6) is 0.766. The number of hydrogen-bond donors (Lipinski definition) is 0. The van der Waals surface area contributed by atoms with Crippen molar-refractivity contribution < 1.29 is 8.42 Å². The Balaban J connectivity index is 1.38. The molecule has 1 aliphatic heterocycles. The summed E-state index contributed by atoms with van der Waals surface area (Å²) in [4.78, 5) is 6.80.